The fourth-order valence-corrected chi connectivity index (χ4v) is 2.61. The second kappa shape index (κ2) is 9.05. The third kappa shape index (κ3) is 5.46. The average Bonchev–Trinajstić information content (AvgIpc) is 2.70. The largest absolute Gasteiger partial charge is 0.497 e. The van der Waals surface area contributed by atoms with Crippen LogP contribution in [0.15, 0.2) is 89.5 Å². The first-order valence-corrected chi connectivity index (χ1v) is 9.08. The number of hydrogen-bond donors (Lipinski definition) is 1. The Morgan fingerprint density at radius 2 is 1.63 bits per heavy atom. The van der Waals surface area contributed by atoms with Crippen molar-refractivity contribution in [3.63, 3.8) is 0 Å². The zero-order chi connectivity index (χ0) is 19.1. The number of nitrogens with one attached hydrogen (secondary N) is 1. The summed E-state index contributed by atoms with van der Waals surface area (Å²) in [6.45, 7) is 0. The molecule has 1 N–H and O–H groups in total. The lowest BCUT2D eigenvalue weighted by molar-refractivity contribution is 0.104. The number of carbonyl (C=O) groups excluding carboxylic acids is 1. The quantitative estimate of drug-likeness (QED) is 0.370. The van der Waals surface area contributed by atoms with Crippen molar-refractivity contribution in [1.29, 1.82) is 0 Å². The molecule has 3 rings (SSSR count). The molecule has 0 aromatic heterocycles. The summed E-state index contributed by atoms with van der Waals surface area (Å²) in [6, 6.07) is 22.1. The molecule has 0 spiro atoms. The third-order valence-electron chi connectivity index (χ3n) is 3.74. The van der Waals surface area contributed by atoms with Crippen LogP contribution in [0.3, 0.4) is 0 Å². The number of allylic oxidation sites excluding steroid dienone is 1. The molecule has 27 heavy (non-hydrogen) atoms. The smallest absolute Gasteiger partial charge is 0.187 e. The highest BCUT2D eigenvalue weighted by atomic mass is 79.9. The molecule has 3 aromatic carbocycles. The second-order valence-electron chi connectivity index (χ2n) is 5.65. The maximum absolute atomic E-state index is 12.1. The molecule has 4 nitrogen and oxygen atoms in total. The number of methoxy groups -OCH3 is 1. The number of benzene rings is 3. The van der Waals surface area contributed by atoms with Gasteiger partial charge in [0.1, 0.15) is 17.2 Å². The lowest BCUT2D eigenvalue weighted by Gasteiger charge is -2.08. The summed E-state index contributed by atoms with van der Waals surface area (Å²) in [5, 5.41) is 3.08. The Labute approximate surface area is 166 Å². The van der Waals surface area contributed by atoms with Crippen LogP contribution in [0, 0.1) is 0 Å². The van der Waals surface area contributed by atoms with E-state index < -0.39 is 0 Å². The molecule has 0 radical (unpaired) electrons. The zero-order valence-electron chi connectivity index (χ0n) is 14.7. The van der Waals surface area contributed by atoms with E-state index in [4.69, 9.17) is 9.47 Å². The molecule has 0 aliphatic carbocycles. The fourth-order valence-electron chi connectivity index (χ4n) is 2.34. The number of ketones is 1. The molecule has 0 aliphatic rings. The van der Waals surface area contributed by atoms with E-state index >= 15 is 0 Å². The summed E-state index contributed by atoms with van der Waals surface area (Å²) >= 11 is 3.35. The minimum absolute atomic E-state index is 0.0621. The van der Waals surface area contributed by atoms with E-state index in [0.29, 0.717) is 17.1 Å². The lowest BCUT2D eigenvalue weighted by atomic mass is 10.1. The Bertz CT molecular complexity index is 935. The van der Waals surface area contributed by atoms with Crippen molar-refractivity contribution in [3.8, 4) is 17.2 Å². The Morgan fingerprint density at radius 3 is 2.33 bits per heavy atom. The number of anilines is 1. The molecule has 0 aliphatic heterocycles. The van der Waals surface area contributed by atoms with Crippen molar-refractivity contribution < 1.29 is 14.3 Å². The van der Waals surface area contributed by atoms with Crippen molar-refractivity contribution in [3.05, 3.63) is 95.1 Å². The average molecular weight is 424 g/mol. The van der Waals surface area contributed by atoms with Crippen LogP contribution in [0.2, 0.25) is 0 Å². The fraction of sp³-hybridized carbons (Fsp3) is 0.0455. The van der Waals surface area contributed by atoms with Gasteiger partial charge in [0, 0.05) is 34.1 Å². The molecule has 0 amide bonds. The van der Waals surface area contributed by atoms with Crippen molar-refractivity contribution in [1.82, 2.24) is 0 Å². The topological polar surface area (TPSA) is 47.6 Å². The van der Waals surface area contributed by atoms with Gasteiger partial charge in [-0.3, -0.25) is 4.79 Å². The van der Waals surface area contributed by atoms with E-state index in [2.05, 4.69) is 21.2 Å². The molecule has 0 saturated heterocycles. The van der Waals surface area contributed by atoms with Gasteiger partial charge in [0.25, 0.3) is 0 Å². The predicted molar refractivity (Wildman–Crippen MR) is 111 cm³/mol. The van der Waals surface area contributed by atoms with Gasteiger partial charge in [-0.25, -0.2) is 0 Å². The summed E-state index contributed by atoms with van der Waals surface area (Å²) in [7, 11) is 1.62. The van der Waals surface area contributed by atoms with Gasteiger partial charge in [-0.1, -0.05) is 22.0 Å². The predicted octanol–water partition coefficient (Wildman–Crippen LogP) is 6.06. The maximum atomic E-state index is 12.1. The highest BCUT2D eigenvalue weighted by Gasteiger charge is 2.01. The van der Waals surface area contributed by atoms with E-state index in [-0.39, 0.29) is 5.78 Å². The number of rotatable bonds is 7. The normalized spacial score (nSPS) is 10.6. The number of ether oxygens (including phenoxy) is 2. The molecular formula is C22H18BrNO3. The van der Waals surface area contributed by atoms with Gasteiger partial charge in [0.15, 0.2) is 5.78 Å². The van der Waals surface area contributed by atoms with Crippen LogP contribution in [0.4, 0.5) is 5.69 Å². The van der Waals surface area contributed by atoms with Gasteiger partial charge >= 0.3 is 0 Å². The van der Waals surface area contributed by atoms with E-state index in [0.717, 1.165) is 15.9 Å². The number of hydrogen-bond acceptors (Lipinski definition) is 4. The van der Waals surface area contributed by atoms with Crippen LogP contribution in [0.5, 0.6) is 17.2 Å². The van der Waals surface area contributed by atoms with E-state index in [9.17, 15) is 4.79 Å². The number of carbonyl (C=O) groups is 1. The van der Waals surface area contributed by atoms with E-state index in [1.165, 1.54) is 6.08 Å². The first-order valence-electron chi connectivity index (χ1n) is 8.29. The Morgan fingerprint density at radius 1 is 0.926 bits per heavy atom. The summed E-state index contributed by atoms with van der Waals surface area (Å²) in [4.78, 5) is 12.1. The molecule has 136 valence electrons. The summed E-state index contributed by atoms with van der Waals surface area (Å²) < 4.78 is 11.9. The van der Waals surface area contributed by atoms with Crippen molar-refractivity contribution in [2.24, 2.45) is 0 Å². The van der Waals surface area contributed by atoms with Crippen molar-refractivity contribution in [2.45, 2.75) is 0 Å². The lowest BCUT2D eigenvalue weighted by Crippen LogP contribution is -1.96. The van der Waals surface area contributed by atoms with Gasteiger partial charge < -0.3 is 14.8 Å². The molecule has 0 unspecified atom stereocenters. The molecule has 0 atom stereocenters. The monoisotopic (exact) mass is 423 g/mol. The second-order valence-corrected chi connectivity index (χ2v) is 6.57. The van der Waals surface area contributed by atoms with Crippen molar-refractivity contribution in [2.75, 3.05) is 12.4 Å². The van der Waals surface area contributed by atoms with Gasteiger partial charge in [0.05, 0.1) is 7.11 Å². The van der Waals surface area contributed by atoms with E-state index in [1.54, 1.807) is 25.4 Å². The van der Waals surface area contributed by atoms with Gasteiger partial charge in [0.2, 0.25) is 0 Å². The molecular weight excluding hydrogens is 406 g/mol. The van der Waals surface area contributed by atoms with Gasteiger partial charge in [-0.2, -0.15) is 0 Å². The maximum Gasteiger partial charge on any atom is 0.187 e. The first-order chi connectivity index (χ1) is 13.1. The van der Waals surface area contributed by atoms with Crippen LogP contribution in [0.25, 0.3) is 0 Å². The van der Waals surface area contributed by atoms with Crippen LogP contribution >= 0.6 is 15.9 Å². The summed E-state index contributed by atoms with van der Waals surface area (Å²) in [5.74, 6) is 2.10. The standard InChI is InChI=1S/C22H18BrNO3/c1-26-20-3-2-4-21(15-20)27-19-11-9-18(10-12-19)24-14-13-22(25)16-5-7-17(23)8-6-16/h2-15,24H,1H3/b14-13+. The van der Waals surface area contributed by atoms with Crippen LogP contribution in [-0.4, -0.2) is 12.9 Å². The highest BCUT2D eigenvalue weighted by Crippen LogP contribution is 2.26. The molecule has 0 bridgehead atoms. The molecule has 5 heteroatoms. The minimum Gasteiger partial charge on any atom is -0.497 e. The highest BCUT2D eigenvalue weighted by molar-refractivity contribution is 9.10. The Kier molecular flexibility index (Phi) is 6.28. The number of halogens is 1. The molecule has 0 saturated carbocycles. The Balaban J connectivity index is 1.57. The third-order valence-corrected chi connectivity index (χ3v) is 4.27. The van der Waals surface area contributed by atoms with Crippen LogP contribution in [-0.2, 0) is 0 Å². The SMILES string of the molecule is COc1cccc(Oc2ccc(N/C=C/C(=O)c3ccc(Br)cc3)cc2)c1. The minimum atomic E-state index is -0.0621. The molecule has 3 aromatic rings. The van der Waals surface area contributed by atoms with Crippen LogP contribution in [0.1, 0.15) is 10.4 Å². The molecule has 0 fully saturated rings. The van der Waals surface area contributed by atoms with Gasteiger partial charge in [-0.15, -0.1) is 0 Å². The summed E-state index contributed by atoms with van der Waals surface area (Å²) in [5.41, 5.74) is 1.49. The van der Waals surface area contributed by atoms with Crippen LogP contribution < -0.4 is 14.8 Å². The van der Waals surface area contributed by atoms with Gasteiger partial charge in [-0.05, 0) is 60.7 Å². The van der Waals surface area contributed by atoms with E-state index in [1.807, 2.05) is 60.7 Å². The Hall–Kier alpha value is -3.05. The molecule has 0 heterocycles. The first kappa shape index (κ1) is 18.7. The van der Waals surface area contributed by atoms with Crippen molar-refractivity contribution >= 4 is 27.4 Å². The summed E-state index contributed by atoms with van der Waals surface area (Å²) in [6.07, 6.45) is 3.13. The zero-order valence-corrected chi connectivity index (χ0v) is 16.3.